The Kier molecular flexibility index (Phi) is 4.94. The average molecular weight is 380 g/mol. The van der Waals surface area contributed by atoms with Crippen LogP contribution in [0.25, 0.3) is 0 Å². The van der Waals surface area contributed by atoms with E-state index in [4.69, 9.17) is 4.74 Å². The fraction of sp³-hybridized carbons (Fsp3) is 0.364. The van der Waals surface area contributed by atoms with E-state index in [0.717, 1.165) is 36.8 Å². The molecule has 0 aliphatic carbocycles. The number of ether oxygens (including phenoxy) is 1. The molecule has 146 valence electrons. The van der Waals surface area contributed by atoms with E-state index in [1.807, 2.05) is 60.7 Å². The maximum atomic E-state index is 12.6. The van der Waals surface area contributed by atoms with Crippen LogP contribution in [0, 0.1) is 0 Å². The Bertz CT molecular complexity index is 832. The Balaban J connectivity index is 1.57. The molecule has 2 heterocycles. The van der Waals surface area contributed by atoms with Gasteiger partial charge in [-0.15, -0.1) is 0 Å². The molecule has 6 nitrogen and oxygen atoms in total. The maximum absolute atomic E-state index is 12.6. The fourth-order valence-electron chi connectivity index (χ4n) is 4.80. The van der Waals surface area contributed by atoms with Crippen molar-refractivity contribution in [3.05, 3.63) is 71.8 Å². The van der Waals surface area contributed by atoms with Gasteiger partial charge in [0.1, 0.15) is 6.61 Å². The predicted octanol–water partition coefficient (Wildman–Crippen LogP) is 4.33. The number of rotatable bonds is 5. The highest BCUT2D eigenvalue weighted by Crippen LogP contribution is 2.52. The molecule has 28 heavy (non-hydrogen) atoms. The van der Waals surface area contributed by atoms with Crippen molar-refractivity contribution >= 4 is 12.2 Å². The molecule has 1 atom stereocenters. The zero-order chi connectivity index (χ0) is 19.6. The highest BCUT2D eigenvalue weighted by molar-refractivity contribution is 5.71. The van der Waals surface area contributed by atoms with Gasteiger partial charge in [-0.25, -0.2) is 9.59 Å². The van der Waals surface area contributed by atoms with Crippen LogP contribution in [-0.2, 0) is 11.3 Å². The summed E-state index contributed by atoms with van der Waals surface area (Å²) in [6.45, 7) is 0.173. The topological polar surface area (TPSA) is 78.9 Å². The minimum Gasteiger partial charge on any atom is -0.465 e. The van der Waals surface area contributed by atoms with E-state index in [1.165, 1.54) is 0 Å². The van der Waals surface area contributed by atoms with Gasteiger partial charge in [0.15, 0.2) is 0 Å². The van der Waals surface area contributed by atoms with Crippen LogP contribution in [0.15, 0.2) is 60.7 Å². The van der Waals surface area contributed by atoms with E-state index in [1.54, 1.807) is 4.90 Å². The first-order chi connectivity index (χ1) is 13.6. The Hall–Kier alpha value is -3.02. The molecule has 2 fully saturated rings. The van der Waals surface area contributed by atoms with Gasteiger partial charge in [-0.3, -0.25) is 4.90 Å². The first-order valence-electron chi connectivity index (χ1n) is 9.64. The second kappa shape index (κ2) is 7.54. The molecule has 2 aliphatic heterocycles. The van der Waals surface area contributed by atoms with Gasteiger partial charge in [-0.05, 0) is 36.8 Å². The molecule has 2 aromatic rings. The van der Waals surface area contributed by atoms with Crippen molar-refractivity contribution in [3.8, 4) is 0 Å². The summed E-state index contributed by atoms with van der Waals surface area (Å²) in [5.41, 5.74) is 1.18. The summed E-state index contributed by atoms with van der Waals surface area (Å²) in [5.74, 6) is 0. The molecule has 0 aromatic heterocycles. The SMILES string of the molecule is O=C(NC(c1ccccc1)C12CCC(CC1)N2C(=O)O)OCc1ccccc1. The second-order valence-corrected chi connectivity index (χ2v) is 7.54. The third-order valence-corrected chi connectivity index (χ3v) is 6.02. The van der Waals surface area contributed by atoms with Crippen LogP contribution in [0.2, 0.25) is 0 Å². The molecule has 2 aliphatic rings. The molecule has 2 saturated heterocycles. The van der Waals surface area contributed by atoms with Gasteiger partial charge >= 0.3 is 12.2 Å². The first kappa shape index (κ1) is 18.3. The van der Waals surface area contributed by atoms with Gasteiger partial charge in [0.25, 0.3) is 0 Å². The molecule has 1 unspecified atom stereocenters. The number of alkyl carbamates (subject to hydrolysis) is 1. The highest BCUT2D eigenvalue weighted by atomic mass is 16.5. The molecule has 2 bridgehead atoms. The number of carbonyl (C=O) groups excluding carboxylic acids is 1. The van der Waals surface area contributed by atoms with Crippen molar-refractivity contribution in [3.63, 3.8) is 0 Å². The van der Waals surface area contributed by atoms with Crippen LogP contribution in [0.1, 0.15) is 42.9 Å². The van der Waals surface area contributed by atoms with Crippen LogP contribution in [0.5, 0.6) is 0 Å². The van der Waals surface area contributed by atoms with E-state index in [-0.39, 0.29) is 12.6 Å². The van der Waals surface area contributed by atoms with E-state index in [2.05, 4.69) is 5.32 Å². The highest BCUT2D eigenvalue weighted by Gasteiger charge is 2.58. The fourth-order valence-corrected chi connectivity index (χ4v) is 4.80. The normalized spacial score (nSPS) is 24.0. The van der Waals surface area contributed by atoms with Crippen LogP contribution in [0.3, 0.4) is 0 Å². The van der Waals surface area contributed by atoms with Gasteiger partial charge in [0.05, 0.1) is 11.6 Å². The number of hydrogen-bond donors (Lipinski definition) is 2. The molecule has 2 N–H and O–H groups in total. The molecule has 4 rings (SSSR count). The predicted molar refractivity (Wildman–Crippen MR) is 104 cm³/mol. The quantitative estimate of drug-likeness (QED) is 0.809. The number of carboxylic acid groups (broad SMARTS) is 1. The van der Waals surface area contributed by atoms with Gasteiger partial charge < -0.3 is 15.2 Å². The van der Waals surface area contributed by atoms with E-state index in [9.17, 15) is 14.7 Å². The first-order valence-corrected chi connectivity index (χ1v) is 9.64. The van der Waals surface area contributed by atoms with E-state index >= 15 is 0 Å². The van der Waals surface area contributed by atoms with Crippen molar-refractivity contribution in [1.82, 2.24) is 10.2 Å². The van der Waals surface area contributed by atoms with Gasteiger partial charge in [-0.2, -0.15) is 0 Å². The van der Waals surface area contributed by atoms with Gasteiger partial charge in [0, 0.05) is 6.04 Å². The van der Waals surface area contributed by atoms with Crippen molar-refractivity contribution in [2.75, 3.05) is 0 Å². The molecular formula is C22H24N2O4. The Morgan fingerprint density at radius 2 is 1.68 bits per heavy atom. The lowest BCUT2D eigenvalue weighted by Crippen LogP contribution is -2.54. The zero-order valence-corrected chi connectivity index (χ0v) is 15.6. The van der Waals surface area contributed by atoms with Gasteiger partial charge in [0.2, 0.25) is 0 Å². The van der Waals surface area contributed by atoms with Crippen LogP contribution in [-0.4, -0.2) is 33.8 Å². The smallest absolute Gasteiger partial charge is 0.408 e. The number of benzene rings is 2. The zero-order valence-electron chi connectivity index (χ0n) is 15.6. The largest absolute Gasteiger partial charge is 0.465 e. The van der Waals surface area contributed by atoms with E-state index < -0.39 is 23.8 Å². The lowest BCUT2D eigenvalue weighted by Gasteiger charge is -2.40. The Labute approximate surface area is 164 Å². The van der Waals surface area contributed by atoms with Crippen LogP contribution >= 0.6 is 0 Å². The molecule has 2 amide bonds. The third-order valence-electron chi connectivity index (χ3n) is 6.02. The molecule has 0 saturated carbocycles. The summed E-state index contributed by atoms with van der Waals surface area (Å²) in [6.07, 6.45) is 1.69. The number of nitrogens with zero attached hydrogens (tertiary/aromatic N) is 1. The number of carbonyl (C=O) groups is 2. The minimum absolute atomic E-state index is 0.0332. The monoisotopic (exact) mass is 380 g/mol. The van der Waals surface area contributed by atoms with Crippen molar-refractivity contribution < 1.29 is 19.4 Å². The Morgan fingerprint density at radius 1 is 1.07 bits per heavy atom. The average Bonchev–Trinajstić information content (AvgIpc) is 3.29. The van der Waals surface area contributed by atoms with Crippen LogP contribution < -0.4 is 5.32 Å². The standard InChI is InChI=1S/C22H24N2O4/c25-20(28-15-16-7-3-1-4-8-16)23-19(17-9-5-2-6-10-17)22-13-11-18(12-14-22)24(22)21(26)27/h1-10,18-19H,11-15H2,(H,23,25)(H,26,27). The second-order valence-electron chi connectivity index (χ2n) is 7.54. The van der Waals surface area contributed by atoms with Crippen LogP contribution in [0.4, 0.5) is 9.59 Å². The molecule has 6 heteroatoms. The van der Waals surface area contributed by atoms with Crippen molar-refractivity contribution in [1.29, 1.82) is 0 Å². The maximum Gasteiger partial charge on any atom is 0.408 e. The summed E-state index contributed by atoms with van der Waals surface area (Å²) in [4.78, 5) is 26.2. The number of fused-ring (bicyclic) bond motifs is 2. The summed E-state index contributed by atoms with van der Waals surface area (Å²) in [7, 11) is 0. The third kappa shape index (κ3) is 3.30. The minimum atomic E-state index is -0.916. The Morgan fingerprint density at radius 3 is 2.29 bits per heavy atom. The number of nitrogens with one attached hydrogen (secondary N) is 1. The molecule has 2 aromatic carbocycles. The summed E-state index contributed by atoms with van der Waals surface area (Å²) < 4.78 is 5.42. The summed E-state index contributed by atoms with van der Waals surface area (Å²) in [6, 6.07) is 18.7. The summed E-state index contributed by atoms with van der Waals surface area (Å²) in [5, 5.41) is 12.8. The lowest BCUT2D eigenvalue weighted by molar-refractivity contribution is 0.0790. The van der Waals surface area contributed by atoms with Gasteiger partial charge in [-0.1, -0.05) is 60.7 Å². The number of amides is 2. The molecular weight excluding hydrogens is 356 g/mol. The molecule has 0 radical (unpaired) electrons. The van der Waals surface area contributed by atoms with Crippen molar-refractivity contribution in [2.24, 2.45) is 0 Å². The van der Waals surface area contributed by atoms with Crippen molar-refractivity contribution in [2.45, 2.75) is 49.9 Å². The lowest BCUT2D eigenvalue weighted by atomic mass is 9.78. The molecule has 0 spiro atoms. The van der Waals surface area contributed by atoms with E-state index in [0.29, 0.717) is 0 Å². The summed E-state index contributed by atoms with van der Waals surface area (Å²) >= 11 is 0. The number of hydrogen-bond acceptors (Lipinski definition) is 3.